The van der Waals surface area contributed by atoms with Crippen molar-refractivity contribution in [2.24, 2.45) is 5.92 Å². The average molecular weight is 432 g/mol. The van der Waals surface area contributed by atoms with Crippen molar-refractivity contribution in [2.45, 2.75) is 57.8 Å². The summed E-state index contributed by atoms with van der Waals surface area (Å²) in [6.07, 6.45) is 11.2. The van der Waals surface area contributed by atoms with Gasteiger partial charge in [-0.25, -0.2) is 9.97 Å². The highest BCUT2D eigenvalue weighted by atomic mass is 16.5. The molecular weight excluding hydrogens is 402 g/mol. The molecule has 5 rings (SSSR count). The lowest BCUT2D eigenvalue weighted by Gasteiger charge is -2.36. The lowest BCUT2D eigenvalue weighted by atomic mass is 9.86. The van der Waals surface area contributed by atoms with Crippen LogP contribution < -0.4 is 0 Å². The Hall–Kier alpha value is -3.09. The van der Waals surface area contributed by atoms with E-state index in [0.717, 1.165) is 54.9 Å². The largest absolute Gasteiger partial charge is 0.356 e. The molecule has 0 bridgehead atoms. The number of hydrogen-bond acceptors (Lipinski definition) is 6. The van der Waals surface area contributed by atoms with Crippen LogP contribution >= 0.6 is 0 Å². The molecular formula is C25H29N5O2. The third-order valence-corrected chi connectivity index (χ3v) is 6.68. The number of rotatable bonds is 4. The molecule has 0 aromatic carbocycles. The minimum Gasteiger partial charge on any atom is -0.356 e. The van der Waals surface area contributed by atoms with Gasteiger partial charge in [0.1, 0.15) is 5.69 Å². The molecule has 2 fully saturated rings. The van der Waals surface area contributed by atoms with Crippen LogP contribution in [0.15, 0.2) is 41.2 Å². The van der Waals surface area contributed by atoms with E-state index in [4.69, 9.17) is 9.51 Å². The van der Waals surface area contributed by atoms with Gasteiger partial charge in [-0.15, -0.1) is 0 Å². The van der Waals surface area contributed by atoms with Gasteiger partial charge in [0, 0.05) is 43.4 Å². The summed E-state index contributed by atoms with van der Waals surface area (Å²) in [7, 11) is 0. The van der Waals surface area contributed by atoms with Crippen molar-refractivity contribution in [3.05, 3.63) is 48.0 Å². The molecule has 3 aromatic heterocycles. The fourth-order valence-electron chi connectivity index (χ4n) is 5.01. The van der Waals surface area contributed by atoms with Crippen LogP contribution in [0.5, 0.6) is 0 Å². The Kier molecular flexibility index (Phi) is 5.97. The number of aromatic nitrogens is 4. The molecule has 0 N–H and O–H groups in total. The zero-order valence-electron chi connectivity index (χ0n) is 18.5. The number of aryl methyl sites for hydroxylation is 1. The smallest absolute Gasteiger partial charge is 0.225 e. The van der Waals surface area contributed by atoms with Crippen molar-refractivity contribution in [1.29, 1.82) is 0 Å². The molecule has 1 aliphatic heterocycles. The third-order valence-electron chi connectivity index (χ3n) is 6.68. The highest BCUT2D eigenvalue weighted by Gasteiger charge is 2.32. The maximum atomic E-state index is 13.2. The molecule has 1 saturated heterocycles. The molecule has 0 spiro atoms. The summed E-state index contributed by atoms with van der Waals surface area (Å²) in [5.74, 6) is 1.90. The third kappa shape index (κ3) is 4.29. The van der Waals surface area contributed by atoms with E-state index in [1.807, 2.05) is 37.4 Å². The Morgan fingerprint density at radius 3 is 2.72 bits per heavy atom. The topological polar surface area (TPSA) is 85.0 Å². The first-order valence-corrected chi connectivity index (χ1v) is 11.7. The van der Waals surface area contributed by atoms with E-state index in [0.29, 0.717) is 24.0 Å². The predicted molar refractivity (Wildman–Crippen MR) is 121 cm³/mol. The fourth-order valence-corrected chi connectivity index (χ4v) is 5.01. The van der Waals surface area contributed by atoms with Crippen LogP contribution in [0.4, 0.5) is 0 Å². The van der Waals surface area contributed by atoms with Gasteiger partial charge in [0.15, 0.2) is 11.6 Å². The number of pyridine rings is 1. The van der Waals surface area contributed by atoms with Gasteiger partial charge in [-0.1, -0.05) is 30.5 Å². The van der Waals surface area contributed by atoms with Gasteiger partial charge in [-0.3, -0.25) is 9.78 Å². The van der Waals surface area contributed by atoms with E-state index in [1.165, 1.54) is 19.3 Å². The molecule has 1 aliphatic carbocycles. The van der Waals surface area contributed by atoms with Gasteiger partial charge in [-0.05, 0) is 44.7 Å². The minimum absolute atomic E-state index is 0.127. The average Bonchev–Trinajstić information content (AvgIpc) is 3.30. The summed E-state index contributed by atoms with van der Waals surface area (Å²) in [6.45, 7) is 3.43. The van der Waals surface area contributed by atoms with E-state index in [1.54, 1.807) is 6.20 Å². The molecule has 32 heavy (non-hydrogen) atoms. The number of carbonyl (C=O) groups excluding carboxylic acids is 1. The molecule has 2 aliphatic rings. The first kappa shape index (κ1) is 20.8. The molecule has 1 amide bonds. The Balaban J connectivity index is 1.47. The summed E-state index contributed by atoms with van der Waals surface area (Å²) >= 11 is 0. The quantitative estimate of drug-likeness (QED) is 0.590. The molecule has 0 radical (unpaired) electrons. The van der Waals surface area contributed by atoms with Gasteiger partial charge >= 0.3 is 0 Å². The number of carbonyl (C=O) groups is 1. The van der Waals surface area contributed by atoms with Crippen LogP contribution in [0.3, 0.4) is 0 Å². The van der Waals surface area contributed by atoms with Crippen LogP contribution in [0.1, 0.15) is 62.3 Å². The molecule has 7 heteroatoms. The van der Waals surface area contributed by atoms with Gasteiger partial charge in [0.25, 0.3) is 0 Å². The predicted octanol–water partition coefficient (Wildman–Crippen LogP) is 4.79. The van der Waals surface area contributed by atoms with Crippen molar-refractivity contribution in [1.82, 2.24) is 25.0 Å². The Morgan fingerprint density at radius 1 is 1.09 bits per heavy atom. The monoisotopic (exact) mass is 431 g/mol. The Bertz CT molecular complexity index is 1070. The molecule has 1 saturated carbocycles. The zero-order valence-corrected chi connectivity index (χ0v) is 18.5. The van der Waals surface area contributed by atoms with Crippen LogP contribution in [-0.4, -0.2) is 44.0 Å². The lowest BCUT2D eigenvalue weighted by Crippen LogP contribution is -2.43. The number of piperidine rings is 1. The second-order valence-corrected chi connectivity index (χ2v) is 9.00. The first-order chi connectivity index (χ1) is 15.7. The van der Waals surface area contributed by atoms with E-state index >= 15 is 0 Å². The van der Waals surface area contributed by atoms with E-state index in [-0.39, 0.29) is 11.8 Å². The van der Waals surface area contributed by atoms with Crippen LogP contribution in [0.25, 0.3) is 22.8 Å². The van der Waals surface area contributed by atoms with Gasteiger partial charge in [-0.2, -0.15) is 0 Å². The number of hydrogen-bond donors (Lipinski definition) is 0. The summed E-state index contributed by atoms with van der Waals surface area (Å²) < 4.78 is 5.57. The molecule has 1 atom stereocenters. The standard InChI is InChI=1S/C25H29N5O2/c1-17-14-22(32-29-17)20-15-27-24(21-11-5-6-12-26-21)28-23(20)19-10-7-13-30(16-19)25(31)18-8-3-2-4-9-18/h5-6,11-12,14-15,18-19H,2-4,7-10,13,16H2,1H3. The van der Waals surface area contributed by atoms with Gasteiger partial charge < -0.3 is 9.42 Å². The van der Waals surface area contributed by atoms with Crippen molar-refractivity contribution in [3.8, 4) is 22.8 Å². The van der Waals surface area contributed by atoms with E-state index in [2.05, 4.69) is 20.0 Å². The second-order valence-electron chi connectivity index (χ2n) is 9.00. The highest BCUT2D eigenvalue weighted by molar-refractivity contribution is 5.79. The fraction of sp³-hybridized carbons (Fsp3) is 0.480. The van der Waals surface area contributed by atoms with E-state index < -0.39 is 0 Å². The molecule has 7 nitrogen and oxygen atoms in total. The van der Waals surface area contributed by atoms with Crippen LogP contribution in [-0.2, 0) is 4.79 Å². The minimum atomic E-state index is 0.127. The van der Waals surface area contributed by atoms with Gasteiger partial charge in [0.05, 0.1) is 17.0 Å². The van der Waals surface area contributed by atoms with Crippen molar-refractivity contribution in [2.75, 3.05) is 13.1 Å². The van der Waals surface area contributed by atoms with Crippen molar-refractivity contribution in [3.63, 3.8) is 0 Å². The Morgan fingerprint density at radius 2 is 1.97 bits per heavy atom. The second kappa shape index (κ2) is 9.18. The summed E-state index contributed by atoms with van der Waals surface area (Å²) in [6, 6.07) is 7.64. The number of nitrogens with zero attached hydrogens (tertiary/aromatic N) is 5. The zero-order chi connectivity index (χ0) is 21.9. The Labute approximate surface area is 188 Å². The van der Waals surface area contributed by atoms with Crippen molar-refractivity contribution < 1.29 is 9.32 Å². The van der Waals surface area contributed by atoms with Crippen LogP contribution in [0.2, 0.25) is 0 Å². The maximum absolute atomic E-state index is 13.2. The maximum Gasteiger partial charge on any atom is 0.225 e. The SMILES string of the molecule is Cc1cc(-c2cnc(-c3ccccn3)nc2C2CCCN(C(=O)C3CCCCC3)C2)on1. The number of likely N-dealkylation sites (tertiary alicyclic amines) is 1. The number of amides is 1. The van der Waals surface area contributed by atoms with Crippen molar-refractivity contribution >= 4 is 5.91 Å². The lowest BCUT2D eigenvalue weighted by molar-refractivity contribution is -0.137. The summed E-state index contributed by atoms with van der Waals surface area (Å²) in [4.78, 5) is 29.3. The summed E-state index contributed by atoms with van der Waals surface area (Å²) in [5, 5.41) is 4.06. The highest BCUT2D eigenvalue weighted by Crippen LogP contribution is 2.35. The normalized spacial score (nSPS) is 19.8. The van der Waals surface area contributed by atoms with E-state index in [9.17, 15) is 4.79 Å². The van der Waals surface area contributed by atoms with Gasteiger partial charge in [0.2, 0.25) is 5.91 Å². The first-order valence-electron chi connectivity index (χ1n) is 11.7. The molecule has 166 valence electrons. The van der Waals surface area contributed by atoms with Crippen LogP contribution in [0, 0.1) is 12.8 Å². The summed E-state index contributed by atoms with van der Waals surface area (Å²) in [5.41, 5.74) is 3.32. The molecule has 1 unspecified atom stereocenters. The molecule has 4 heterocycles. The molecule has 3 aromatic rings.